The van der Waals surface area contributed by atoms with Crippen LogP contribution in [-0.4, -0.2) is 35.1 Å². The van der Waals surface area contributed by atoms with E-state index in [1.807, 2.05) is 6.92 Å². The first-order chi connectivity index (χ1) is 16.5. The lowest BCUT2D eigenvalue weighted by Gasteiger charge is -2.25. The number of aliphatic hydroxyl groups is 1. The lowest BCUT2D eigenvalue weighted by Crippen LogP contribution is -2.54. The molecule has 0 saturated heterocycles. The molecule has 10 nitrogen and oxygen atoms in total. The minimum absolute atomic E-state index is 0.179. The van der Waals surface area contributed by atoms with Crippen molar-refractivity contribution in [1.29, 1.82) is 0 Å². The van der Waals surface area contributed by atoms with Gasteiger partial charge in [0, 0.05) is 5.56 Å². The third kappa shape index (κ3) is 3.98. The van der Waals surface area contributed by atoms with Crippen LogP contribution in [0.1, 0.15) is 43.6 Å². The first kappa shape index (κ1) is 24.5. The molecule has 184 valence electrons. The average Bonchev–Trinajstić information content (AvgIpc) is 3.44. The molecule has 0 fully saturated rings. The van der Waals surface area contributed by atoms with Crippen molar-refractivity contribution in [3.63, 3.8) is 0 Å². The van der Waals surface area contributed by atoms with Crippen LogP contribution in [0.4, 0.5) is 4.39 Å². The quantitative estimate of drug-likeness (QED) is 0.397. The highest BCUT2D eigenvalue weighted by Crippen LogP contribution is 2.32. The van der Waals surface area contributed by atoms with Crippen LogP contribution in [0.15, 0.2) is 40.2 Å². The van der Waals surface area contributed by atoms with Crippen LogP contribution >= 0.6 is 11.3 Å². The first-order valence-corrected chi connectivity index (χ1v) is 11.7. The molecule has 1 atom stereocenters. The molecule has 0 aliphatic heterocycles. The summed E-state index contributed by atoms with van der Waals surface area (Å²) in [7, 11) is 0. The van der Waals surface area contributed by atoms with E-state index in [9.17, 15) is 23.9 Å². The Morgan fingerprint density at radius 2 is 1.91 bits per heavy atom. The maximum Gasteiger partial charge on any atom is 0.333 e. The van der Waals surface area contributed by atoms with Crippen LogP contribution in [0.25, 0.3) is 15.2 Å². The Balaban J connectivity index is 2.03. The predicted octanol–water partition coefficient (Wildman–Crippen LogP) is 1.77. The molecule has 1 amide bonds. The fraction of sp³-hybridized carbons (Fsp3) is 0.348. The zero-order valence-electron chi connectivity index (χ0n) is 19.6. The van der Waals surface area contributed by atoms with E-state index >= 15 is 0 Å². The average molecular weight is 501 g/mol. The van der Waals surface area contributed by atoms with E-state index in [2.05, 4.69) is 10.2 Å². The number of nitrogens with two attached hydrogens (primary N) is 1. The number of amides is 1. The molecule has 3 aromatic heterocycles. The summed E-state index contributed by atoms with van der Waals surface area (Å²) >= 11 is 1.10. The summed E-state index contributed by atoms with van der Waals surface area (Å²) in [4.78, 5) is 41.0. The van der Waals surface area contributed by atoms with E-state index in [4.69, 9.17) is 5.73 Å². The zero-order valence-corrected chi connectivity index (χ0v) is 20.5. The monoisotopic (exact) mass is 500 g/mol. The molecule has 0 radical (unpaired) electrons. The van der Waals surface area contributed by atoms with E-state index in [0.717, 1.165) is 21.5 Å². The topological polar surface area (TPSA) is 138 Å². The van der Waals surface area contributed by atoms with Gasteiger partial charge in [-0.3, -0.25) is 14.2 Å². The van der Waals surface area contributed by atoms with Crippen molar-refractivity contribution in [1.82, 2.24) is 24.1 Å². The van der Waals surface area contributed by atoms with Crippen LogP contribution in [0.5, 0.6) is 0 Å². The second-order valence-corrected chi connectivity index (χ2v) is 9.68. The molecule has 0 unspecified atom stereocenters. The maximum absolute atomic E-state index is 14.0. The molecule has 1 aromatic carbocycles. The number of benzene rings is 1. The molecule has 0 spiro atoms. The number of carbonyl (C=O) groups is 1. The van der Waals surface area contributed by atoms with Crippen LogP contribution < -0.4 is 17.0 Å². The van der Waals surface area contributed by atoms with Gasteiger partial charge in [-0.25, -0.2) is 13.8 Å². The number of aliphatic hydroxyl groups excluding tert-OH is 1. The predicted molar refractivity (Wildman–Crippen MR) is 129 cm³/mol. The van der Waals surface area contributed by atoms with Crippen molar-refractivity contribution in [2.75, 3.05) is 0 Å². The maximum atomic E-state index is 14.0. The first-order valence-electron chi connectivity index (χ1n) is 10.9. The molecule has 0 bridgehead atoms. The number of thiophene rings is 1. The standard InChI is InChI=1S/C23H25FN6O4S/c1-5-13-6-7-14(24)10-15(13)16(31)11-28-20-17(12(2)19(35-20)30-26-8-9-27-30)18(32)29(22(28)34)23(3,4)21(25)33/h6-10,16,31H,5,11H2,1-4H3,(H2,25,33)/t16-/m0/s1. The van der Waals surface area contributed by atoms with Gasteiger partial charge in [0.05, 0.1) is 30.4 Å². The fourth-order valence-corrected chi connectivity index (χ4v) is 5.30. The van der Waals surface area contributed by atoms with Crippen molar-refractivity contribution in [2.45, 2.75) is 52.3 Å². The van der Waals surface area contributed by atoms with Crippen LogP contribution in [0.3, 0.4) is 0 Å². The summed E-state index contributed by atoms with van der Waals surface area (Å²) in [6.45, 7) is 6.03. The highest BCUT2D eigenvalue weighted by molar-refractivity contribution is 7.21. The fourth-order valence-electron chi connectivity index (χ4n) is 4.08. The molecule has 4 aromatic rings. The highest BCUT2D eigenvalue weighted by atomic mass is 32.1. The highest BCUT2D eigenvalue weighted by Gasteiger charge is 2.34. The molecular formula is C23H25FN6O4S. The van der Waals surface area contributed by atoms with Gasteiger partial charge in [0.1, 0.15) is 21.2 Å². The lowest BCUT2D eigenvalue weighted by molar-refractivity contribution is -0.125. The number of hydrogen-bond acceptors (Lipinski definition) is 7. The van der Waals surface area contributed by atoms with Crippen molar-refractivity contribution in [2.24, 2.45) is 5.73 Å². The molecule has 3 heterocycles. The van der Waals surface area contributed by atoms with Crippen molar-refractivity contribution in [3.05, 3.63) is 73.9 Å². The lowest BCUT2D eigenvalue weighted by atomic mass is 10.00. The van der Waals surface area contributed by atoms with Gasteiger partial charge in [0.15, 0.2) is 0 Å². The number of nitrogens with zero attached hydrogens (tertiary/aromatic N) is 5. The Morgan fingerprint density at radius 3 is 2.51 bits per heavy atom. The molecular weight excluding hydrogens is 475 g/mol. The smallest absolute Gasteiger partial charge is 0.333 e. The number of rotatable bonds is 7. The minimum atomic E-state index is -1.65. The zero-order chi connectivity index (χ0) is 25.7. The number of aromatic nitrogens is 5. The second-order valence-electron chi connectivity index (χ2n) is 8.70. The summed E-state index contributed by atoms with van der Waals surface area (Å²) in [5.74, 6) is -1.39. The summed E-state index contributed by atoms with van der Waals surface area (Å²) in [5, 5.41) is 20.0. The van der Waals surface area contributed by atoms with Crippen molar-refractivity contribution in [3.8, 4) is 5.00 Å². The van der Waals surface area contributed by atoms with Gasteiger partial charge >= 0.3 is 5.69 Å². The third-order valence-corrected chi connectivity index (χ3v) is 7.43. The number of primary amides is 1. The van der Waals surface area contributed by atoms with Crippen molar-refractivity contribution >= 4 is 27.5 Å². The van der Waals surface area contributed by atoms with Gasteiger partial charge in [-0.05, 0) is 50.5 Å². The summed E-state index contributed by atoms with van der Waals surface area (Å²) in [6, 6.07) is 4.12. The summed E-state index contributed by atoms with van der Waals surface area (Å²) < 4.78 is 16.0. The van der Waals surface area contributed by atoms with Crippen molar-refractivity contribution < 1.29 is 14.3 Å². The Morgan fingerprint density at radius 1 is 1.26 bits per heavy atom. The number of aryl methyl sites for hydroxylation is 2. The van der Waals surface area contributed by atoms with E-state index in [1.165, 1.54) is 47.7 Å². The SMILES string of the molecule is CCc1ccc(F)cc1[C@@H](O)Cn1c(=O)n(C(C)(C)C(N)=O)c(=O)c2c(C)c(-n3nccn3)sc21. The van der Waals surface area contributed by atoms with Gasteiger partial charge < -0.3 is 10.8 Å². The molecule has 35 heavy (non-hydrogen) atoms. The second kappa shape index (κ2) is 8.86. The van der Waals surface area contributed by atoms with Crippen LogP contribution in [-0.2, 0) is 23.3 Å². The number of fused-ring (bicyclic) bond motifs is 1. The number of halogens is 1. The molecule has 0 aliphatic rings. The largest absolute Gasteiger partial charge is 0.387 e. The molecule has 0 aliphatic carbocycles. The normalized spacial score (nSPS) is 12.9. The summed E-state index contributed by atoms with van der Waals surface area (Å²) in [6.07, 6.45) is 2.23. The van der Waals surface area contributed by atoms with E-state index in [1.54, 1.807) is 13.0 Å². The molecule has 3 N–H and O–H groups in total. The molecule has 12 heteroatoms. The van der Waals surface area contributed by atoms with E-state index < -0.39 is 34.6 Å². The van der Waals surface area contributed by atoms with Crippen LogP contribution in [0.2, 0.25) is 0 Å². The number of carbonyl (C=O) groups excluding carboxylic acids is 1. The Bertz CT molecular complexity index is 1550. The van der Waals surface area contributed by atoms with Gasteiger partial charge in [0.2, 0.25) is 5.91 Å². The minimum Gasteiger partial charge on any atom is -0.387 e. The number of hydrogen-bond donors (Lipinski definition) is 2. The Labute approximate surface area is 203 Å². The van der Waals surface area contributed by atoms with Gasteiger partial charge in [-0.2, -0.15) is 10.2 Å². The van der Waals surface area contributed by atoms with Crippen LogP contribution in [0, 0.1) is 12.7 Å². The third-order valence-electron chi connectivity index (χ3n) is 6.15. The summed E-state index contributed by atoms with van der Waals surface area (Å²) in [5.41, 5.74) is 3.94. The van der Waals surface area contributed by atoms with Gasteiger partial charge in [-0.15, -0.1) is 4.80 Å². The van der Waals surface area contributed by atoms with E-state index in [0.29, 0.717) is 22.5 Å². The van der Waals surface area contributed by atoms with Gasteiger partial charge in [0.25, 0.3) is 5.56 Å². The Kier molecular flexibility index (Phi) is 6.20. The molecule has 4 rings (SSSR count). The van der Waals surface area contributed by atoms with Gasteiger partial charge in [-0.1, -0.05) is 24.3 Å². The molecule has 0 saturated carbocycles. The van der Waals surface area contributed by atoms with E-state index in [-0.39, 0.29) is 16.8 Å². The Hall–Kier alpha value is -3.64.